The fourth-order valence-electron chi connectivity index (χ4n) is 2.33. The summed E-state index contributed by atoms with van der Waals surface area (Å²) < 4.78 is 0. The predicted molar refractivity (Wildman–Crippen MR) is 97.5 cm³/mol. The molecule has 0 atom stereocenters. The van der Waals surface area contributed by atoms with Crippen LogP contribution >= 0.6 is 23.2 Å². The highest BCUT2D eigenvalue weighted by molar-refractivity contribution is 6.42. The van der Waals surface area contributed by atoms with Crippen molar-refractivity contribution in [2.75, 3.05) is 5.32 Å². The highest BCUT2D eigenvalue weighted by Crippen LogP contribution is 2.25. The third-order valence-corrected chi connectivity index (χ3v) is 4.20. The molecule has 0 aliphatic carbocycles. The molecule has 3 aromatic rings. The Morgan fingerprint density at radius 1 is 0.913 bits per heavy atom. The molecule has 23 heavy (non-hydrogen) atoms. The van der Waals surface area contributed by atoms with Crippen LogP contribution in [0, 0.1) is 0 Å². The highest BCUT2D eigenvalue weighted by atomic mass is 35.5. The molecule has 0 amide bonds. The van der Waals surface area contributed by atoms with Crippen molar-refractivity contribution in [3.05, 3.63) is 88.5 Å². The van der Waals surface area contributed by atoms with E-state index in [9.17, 15) is 4.79 Å². The van der Waals surface area contributed by atoms with Gasteiger partial charge in [0.15, 0.2) is 5.78 Å². The predicted octanol–water partition coefficient (Wildman–Crippen LogP) is 5.96. The number of ketones is 1. The van der Waals surface area contributed by atoms with Crippen LogP contribution in [-0.2, 0) is 0 Å². The number of nitrogens with one attached hydrogen (secondary N) is 1. The average molecular weight is 342 g/mol. The summed E-state index contributed by atoms with van der Waals surface area (Å²) in [6.45, 7) is 0. The van der Waals surface area contributed by atoms with Crippen LogP contribution < -0.4 is 5.32 Å². The number of hydrogen-bond acceptors (Lipinski definition) is 2. The van der Waals surface area contributed by atoms with Gasteiger partial charge in [-0.15, -0.1) is 0 Å². The summed E-state index contributed by atoms with van der Waals surface area (Å²) in [5.74, 6) is -0.0608. The lowest BCUT2D eigenvalue weighted by Gasteiger charge is -2.04. The third kappa shape index (κ3) is 3.55. The maximum absolute atomic E-state index is 12.4. The number of allylic oxidation sites excluding steroid dienone is 1. The molecule has 0 bridgehead atoms. The van der Waals surface area contributed by atoms with Gasteiger partial charge in [0.2, 0.25) is 0 Å². The van der Waals surface area contributed by atoms with Gasteiger partial charge in [-0.1, -0.05) is 65.7 Å². The lowest BCUT2D eigenvalue weighted by molar-refractivity contribution is 0.104. The summed E-state index contributed by atoms with van der Waals surface area (Å²) in [6, 6.07) is 18.7. The topological polar surface area (TPSA) is 29.1 Å². The van der Waals surface area contributed by atoms with Crippen LogP contribution in [0.2, 0.25) is 10.0 Å². The summed E-state index contributed by atoms with van der Waals surface area (Å²) in [4.78, 5) is 12.4. The van der Waals surface area contributed by atoms with Gasteiger partial charge in [0, 0.05) is 23.5 Å². The van der Waals surface area contributed by atoms with E-state index in [1.165, 1.54) is 6.08 Å². The van der Waals surface area contributed by atoms with Crippen LogP contribution in [0.25, 0.3) is 10.8 Å². The normalized spacial score (nSPS) is 11.0. The maximum atomic E-state index is 12.4. The Hall–Kier alpha value is -2.29. The van der Waals surface area contributed by atoms with Crippen LogP contribution in [-0.4, -0.2) is 5.78 Å². The van der Waals surface area contributed by atoms with Crippen molar-refractivity contribution in [2.24, 2.45) is 0 Å². The first-order valence-electron chi connectivity index (χ1n) is 7.05. The van der Waals surface area contributed by atoms with Crippen molar-refractivity contribution < 1.29 is 4.79 Å². The van der Waals surface area contributed by atoms with E-state index in [0.717, 1.165) is 16.5 Å². The molecule has 3 rings (SSSR count). The molecule has 4 heteroatoms. The van der Waals surface area contributed by atoms with E-state index in [2.05, 4.69) is 5.32 Å². The molecule has 0 aromatic heterocycles. The van der Waals surface area contributed by atoms with Gasteiger partial charge < -0.3 is 5.32 Å². The van der Waals surface area contributed by atoms with E-state index in [0.29, 0.717) is 15.6 Å². The van der Waals surface area contributed by atoms with Crippen molar-refractivity contribution in [1.82, 2.24) is 0 Å². The lowest BCUT2D eigenvalue weighted by Crippen LogP contribution is -1.97. The smallest absolute Gasteiger partial charge is 0.187 e. The molecule has 0 saturated heterocycles. The SMILES string of the molecule is O=C(/C=C/Nc1ccc(Cl)c(Cl)c1)c1cccc2ccccc12. The van der Waals surface area contributed by atoms with Crippen LogP contribution in [0.1, 0.15) is 10.4 Å². The number of halogens is 2. The second-order valence-corrected chi connectivity index (χ2v) is 5.81. The average Bonchev–Trinajstić information content (AvgIpc) is 2.57. The summed E-state index contributed by atoms with van der Waals surface area (Å²) >= 11 is 11.8. The number of anilines is 1. The van der Waals surface area contributed by atoms with Gasteiger partial charge in [0.1, 0.15) is 0 Å². The first kappa shape index (κ1) is 15.6. The van der Waals surface area contributed by atoms with E-state index in [1.54, 1.807) is 24.4 Å². The Kier molecular flexibility index (Phi) is 4.65. The van der Waals surface area contributed by atoms with Gasteiger partial charge in [0.25, 0.3) is 0 Å². The number of hydrogen-bond donors (Lipinski definition) is 1. The Bertz CT molecular complexity index is 898. The number of carbonyl (C=O) groups is 1. The summed E-state index contributed by atoms with van der Waals surface area (Å²) in [5, 5.41) is 5.96. The van der Waals surface area contributed by atoms with Gasteiger partial charge in [-0.3, -0.25) is 4.79 Å². The minimum Gasteiger partial charge on any atom is -0.362 e. The first-order valence-corrected chi connectivity index (χ1v) is 7.81. The molecule has 0 heterocycles. The molecule has 2 nitrogen and oxygen atoms in total. The fourth-order valence-corrected chi connectivity index (χ4v) is 2.63. The van der Waals surface area contributed by atoms with E-state index >= 15 is 0 Å². The zero-order valence-electron chi connectivity index (χ0n) is 12.1. The zero-order chi connectivity index (χ0) is 16.2. The van der Waals surface area contributed by atoms with Crippen LogP contribution in [0.4, 0.5) is 5.69 Å². The van der Waals surface area contributed by atoms with Crippen molar-refractivity contribution in [2.45, 2.75) is 0 Å². The Balaban J connectivity index is 1.79. The van der Waals surface area contributed by atoms with Crippen LogP contribution in [0.3, 0.4) is 0 Å². The molecule has 0 unspecified atom stereocenters. The summed E-state index contributed by atoms with van der Waals surface area (Å²) in [7, 11) is 0. The molecule has 0 aliphatic rings. The Morgan fingerprint density at radius 3 is 2.52 bits per heavy atom. The monoisotopic (exact) mass is 341 g/mol. The van der Waals surface area contributed by atoms with Gasteiger partial charge in [-0.2, -0.15) is 0 Å². The minimum atomic E-state index is -0.0608. The quantitative estimate of drug-likeness (QED) is 0.468. The molecule has 3 aromatic carbocycles. The molecule has 1 N–H and O–H groups in total. The summed E-state index contributed by atoms with van der Waals surface area (Å²) in [6.07, 6.45) is 3.11. The maximum Gasteiger partial charge on any atom is 0.187 e. The van der Waals surface area contributed by atoms with Gasteiger partial charge in [-0.25, -0.2) is 0 Å². The van der Waals surface area contributed by atoms with Crippen LogP contribution in [0.15, 0.2) is 72.9 Å². The van der Waals surface area contributed by atoms with Crippen LogP contribution in [0.5, 0.6) is 0 Å². The zero-order valence-corrected chi connectivity index (χ0v) is 13.6. The van der Waals surface area contributed by atoms with E-state index in [1.807, 2.05) is 42.5 Å². The first-order chi connectivity index (χ1) is 11.1. The lowest BCUT2D eigenvalue weighted by atomic mass is 10.0. The largest absolute Gasteiger partial charge is 0.362 e. The van der Waals surface area contributed by atoms with Crippen molar-refractivity contribution in [1.29, 1.82) is 0 Å². The standard InChI is InChI=1S/C19H13Cl2NO/c20-17-9-8-14(12-18(17)21)22-11-10-19(23)16-7-3-5-13-4-1-2-6-15(13)16/h1-12,22H/b11-10+. The molecule has 0 fully saturated rings. The highest BCUT2D eigenvalue weighted by Gasteiger charge is 2.06. The van der Waals surface area contributed by atoms with Gasteiger partial charge in [-0.05, 0) is 29.0 Å². The second-order valence-electron chi connectivity index (χ2n) is 5.00. The Morgan fingerprint density at radius 2 is 1.70 bits per heavy atom. The van der Waals surface area contributed by atoms with Gasteiger partial charge in [0.05, 0.1) is 10.0 Å². The van der Waals surface area contributed by atoms with E-state index in [4.69, 9.17) is 23.2 Å². The van der Waals surface area contributed by atoms with Crippen molar-refractivity contribution in [3.8, 4) is 0 Å². The molecule has 0 radical (unpaired) electrons. The number of rotatable bonds is 4. The fraction of sp³-hybridized carbons (Fsp3) is 0. The van der Waals surface area contributed by atoms with Crippen molar-refractivity contribution in [3.63, 3.8) is 0 Å². The molecular weight excluding hydrogens is 329 g/mol. The van der Waals surface area contributed by atoms with Crippen molar-refractivity contribution >= 4 is 45.4 Å². The van der Waals surface area contributed by atoms with Gasteiger partial charge >= 0.3 is 0 Å². The third-order valence-electron chi connectivity index (χ3n) is 3.46. The molecule has 0 saturated carbocycles. The number of fused-ring (bicyclic) bond motifs is 1. The molecule has 0 aliphatic heterocycles. The summed E-state index contributed by atoms with van der Waals surface area (Å²) in [5.41, 5.74) is 1.44. The van der Waals surface area contributed by atoms with E-state index in [-0.39, 0.29) is 5.78 Å². The Labute approximate surface area is 144 Å². The molecule has 114 valence electrons. The molecule has 0 spiro atoms. The second kappa shape index (κ2) is 6.86. The number of benzene rings is 3. The minimum absolute atomic E-state index is 0.0608. The van der Waals surface area contributed by atoms with E-state index < -0.39 is 0 Å². The number of carbonyl (C=O) groups excluding carboxylic acids is 1. The molecular formula is C19H13Cl2NO.